The lowest BCUT2D eigenvalue weighted by atomic mass is 9.91. The molecule has 152 valence electrons. The quantitative estimate of drug-likeness (QED) is 0.826. The second-order valence-electron chi connectivity index (χ2n) is 7.79. The van der Waals surface area contributed by atoms with Gasteiger partial charge in [0, 0.05) is 13.1 Å². The molecule has 3 rings (SSSR count). The van der Waals surface area contributed by atoms with Crippen LogP contribution in [-0.2, 0) is 0 Å². The van der Waals surface area contributed by atoms with Crippen molar-refractivity contribution in [3.8, 4) is 0 Å². The molecular weight excluding hydrogens is 370 g/mol. The first-order chi connectivity index (χ1) is 13.8. The van der Waals surface area contributed by atoms with Crippen molar-refractivity contribution < 1.29 is 19.5 Å². The Morgan fingerprint density at radius 2 is 1.69 bits per heavy atom. The molecule has 0 saturated carbocycles. The van der Waals surface area contributed by atoms with E-state index in [1.165, 1.54) is 19.1 Å². The number of carboxylic acids is 1. The van der Waals surface area contributed by atoms with Gasteiger partial charge in [-0.25, -0.2) is 9.78 Å². The number of carbonyl (C=O) groups excluding carboxylic acids is 2. The first-order valence-electron chi connectivity index (χ1n) is 9.66. The second-order valence-corrected chi connectivity index (χ2v) is 7.79. The first-order valence-corrected chi connectivity index (χ1v) is 9.66. The predicted octanol–water partition coefficient (Wildman–Crippen LogP) is 3.46. The number of amides is 2. The molecule has 1 aromatic heterocycles. The summed E-state index contributed by atoms with van der Waals surface area (Å²) in [6.07, 6.45) is 1.10. The van der Waals surface area contributed by atoms with Crippen LogP contribution in [-0.4, -0.2) is 45.9 Å². The van der Waals surface area contributed by atoms with E-state index in [1.54, 1.807) is 24.3 Å². The zero-order valence-electron chi connectivity index (χ0n) is 16.8. The number of hydrogen-bond acceptors (Lipinski definition) is 4. The molecule has 0 bridgehead atoms. The Labute approximate surface area is 169 Å². The number of pyridine rings is 1. The summed E-state index contributed by atoms with van der Waals surface area (Å²) < 4.78 is 0. The summed E-state index contributed by atoms with van der Waals surface area (Å²) in [6, 6.07) is 9.62. The van der Waals surface area contributed by atoms with E-state index < -0.39 is 11.9 Å². The molecule has 2 atom stereocenters. The van der Waals surface area contributed by atoms with Crippen LogP contribution in [0, 0.1) is 18.8 Å². The van der Waals surface area contributed by atoms with E-state index in [1.807, 2.05) is 4.90 Å². The molecule has 7 heteroatoms. The molecule has 7 nitrogen and oxygen atoms in total. The van der Waals surface area contributed by atoms with E-state index in [0.717, 1.165) is 6.42 Å². The average molecular weight is 395 g/mol. The number of benzene rings is 1. The standard InChI is InChI=1S/C22H25N3O4/c1-13-10-14(2)12-25(11-13)21(27)17-6-4-5-7-18(17)24-20(26)19-9-8-16(22(28)29)15(3)23-19/h4-9,13-14H,10-12H2,1-3H3,(H,24,26)(H,28,29). The highest BCUT2D eigenvalue weighted by molar-refractivity contribution is 6.08. The molecule has 29 heavy (non-hydrogen) atoms. The summed E-state index contributed by atoms with van der Waals surface area (Å²) in [4.78, 5) is 42.8. The van der Waals surface area contributed by atoms with Gasteiger partial charge in [-0.3, -0.25) is 9.59 Å². The highest BCUT2D eigenvalue weighted by atomic mass is 16.4. The SMILES string of the molecule is Cc1nc(C(=O)Nc2ccccc2C(=O)N2CC(C)CC(C)C2)ccc1C(=O)O. The maximum Gasteiger partial charge on any atom is 0.337 e. The maximum atomic E-state index is 13.1. The number of anilines is 1. The number of aromatic nitrogens is 1. The van der Waals surface area contributed by atoms with Gasteiger partial charge in [-0.05, 0) is 49.4 Å². The Bertz CT molecular complexity index is 947. The third-order valence-corrected chi connectivity index (χ3v) is 5.11. The van der Waals surface area contributed by atoms with Crippen molar-refractivity contribution in [2.24, 2.45) is 11.8 Å². The minimum absolute atomic E-state index is 0.0467. The molecule has 2 N–H and O–H groups in total. The highest BCUT2D eigenvalue weighted by Crippen LogP contribution is 2.25. The van der Waals surface area contributed by atoms with Crippen molar-refractivity contribution in [3.05, 3.63) is 58.9 Å². The first kappa shape index (κ1) is 20.5. The number of piperidine rings is 1. The summed E-state index contributed by atoms with van der Waals surface area (Å²) in [5.41, 5.74) is 1.24. The number of para-hydroxylation sites is 1. The van der Waals surface area contributed by atoms with Crippen molar-refractivity contribution in [1.29, 1.82) is 0 Å². The molecule has 1 aromatic carbocycles. The van der Waals surface area contributed by atoms with Gasteiger partial charge in [0.25, 0.3) is 11.8 Å². The van der Waals surface area contributed by atoms with Crippen molar-refractivity contribution >= 4 is 23.5 Å². The van der Waals surface area contributed by atoms with Crippen LogP contribution in [0.4, 0.5) is 5.69 Å². The summed E-state index contributed by atoms with van der Waals surface area (Å²) in [5.74, 6) is -0.827. The maximum absolute atomic E-state index is 13.1. The molecule has 0 aliphatic carbocycles. The zero-order valence-corrected chi connectivity index (χ0v) is 16.8. The highest BCUT2D eigenvalue weighted by Gasteiger charge is 2.27. The van der Waals surface area contributed by atoms with Crippen LogP contribution in [0.15, 0.2) is 36.4 Å². The van der Waals surface area contributed by atoms with Crippen LogP contribution < -0.4 is 5.32 Å². The van der Waals surface area contributed by atoms with Gasteiger partial charge in [-0.15, -0.1) is 0 Å². The van der Waals surface area contributed by atoms with Gasteiger partial charge < -0.3 is 15.3 Å². The van der Waals surface area contributed by atoms with Gasteiger partial charge in [0.15, 0.2) is 0 Å². The van der Waals surface area contributed by atoms with E-state index >= 15 is 0 Å². The molecule has 1 aliphatic rings. The molecule has 1 saturated heterocycles. The number of aromatic carboxylic acids is 1. The Hall–Kier alpha value is -3.22. The molecule has 0 spiro atoms. The number of carboxylic acid groups (broad SMARTS) is 1. The number of nitrogens with zero attached hydrogens (tertiary/aromatic N) is 2. The van der Waals surface area contributed by atoms with Gasteiger partial charge in [-0.1, -0.05) is 26.0 Å². The smallest absolute Gasteiger partial charge is 0.337 e. The summed E-state index contributed by atoms with van der Waals surface area (Å²) >= 11 is 0. The fraction of sp³-hybridized carbons (Fsp3) is 0.364. The summed E-state index contributed by atoms with van der Waals surface area (Å²) in [7, 11) is 0. The predicted molar refractivity (Wildman–Crippen MR) is 109 cm³/mol. The second kappa shape index (κ2) is 8.43. The summed E-state index contributed by atoms with van der Waals surface area (Å²) in [6.45, 7) is 7.21. The molecule has 2 heterocycles. The van der Waals surface area contributed by atoms with Crippen molar-refractivity contribution in [3.63, 3.8) is 0 Å². The Kier molecular flexibility index (Phi) is 5.96. The van der Waals surface area contributed by atoms with Crippen LogP contribution in [0.1, 0.15) is 57.2 Å². The third kappa shape index (κ3) is 4.62. The lowest BCUT2D eigenvalue weighted by molar-refractivity contribution is 0.0623. The van der Waals surface area contributed by atoms with Gasteiger partial charge in [0.1, 0.15) is 5.69 Å². The van der Waals surface area contributed by atoms with E-state index in [4.69, 9.17) is 5.11 Å². The lowest BCUT2D eigenvalue weighted by Gasteiger charge is -2.35. The number of rotatable bonds is 4. The van der Waals surface area contributed by atoms with Crippen LogP contribution >= 0.6 is 0 Å². The number of hydrogen-bond donors (Lipinski definition) is 2. The lowest BCUT2D eigenvalue weighted by Crippen LogP contribution is -2.42. The van der Waals surface area contributed by atoms with E-state index in [0.29, 0.717) is 36.2 Å². The van der Waals surface area contributed by atoms with Crippen LogP contribution in [0.5, 0.6) is 0 Å². The van der Waals surface area contributed by atoms with E-state index in [2.05, 4.69) is 24.1 Å². The number of nitrogens with one attached hydrogen (secondary N) is 1. The van der Waals surface area contributed by atoms with Gasteiger partial charge in [0.05, 0.1) is 22.5 Å². The van der Waals surface area contributed by atoms with Crippen LogP contribution in [0.3, 0.4) is 0 Å². The van der Waals surface area contributed by atoms with Crippen LogP contribution in [0.2, 0.25) is 0 Å². The van der Waals surface area contributed by atoms with Gasteiger partial charge >= 0.3 is 5.97 Å². The largest absolute Gasteiger partial charge is 0.478 e. The third-order valence-electron chi connectivity index (χ3n) is 5.11. The minimum atomic E-state index is -1.09. The number of carbonyl (C=O) groups is 3. The zero-order chi connectivity index (χ0) is 21.1. The van der Waals surface area contributed by atoms with Gasteiger partial charge in [-0.2, -0.15) is 0 Å². The Balaban J connectivity index is 1.82. The number of aryl methyl sites for hydroxylation is 1. The molecule has 2 unspecified atom stereocenters. The molecule has 2 aromatic rings. The van der Waals surface area contributed by atoms with E-state index in [-0.39, 0.29) is 22.9 Å². The van der Waals surface area contributed by atoms with Crippen molar-refractivity contribution in [2.45, 2.75) is 27.2 Å². The Morgan fingerprint density at radius 3 is 2.31 bits per heavy atom. The molecule has 0 radical (unpaired) electrons. The van der Waals surface area contributed by atoms with E-state index in [9.17, 15) is 14.4 Å². The normalized spacial score (nSPS) is 18.9. The number of likely N-dealkylation sites (tertiary alicyclic amines) is 1. The van der Waals surface area contributed by atoms with Crippen LogP contribution in [0.25, 0.3) is 0 Å². The monoisotopic (exact) mass is 395 g/mol. The van der Waals surface area contributed by atoms with Crippen molar-refractivity contribution in [1.82, 2.24) is 9.88 Å². The Morgan fingerprint density at radius 1 is 1.03 bits per heavy atom. The fourth-order valence-corrected chi connectivity index (χ4v) is 3.88. The molecule has 2 amide bonds. The minimum Gasteiger partial charge on any atom is -0.478 e. The van der Waals surface area contributed by atoms with Crippen molar-refractivity contribution in [2.75, 3.05) is 18.4 Å². The summed E-state index contributed by atoms with van der Waals surface area (Å²) in [5, 5.41) is 11.9. The molecule has 1 aliphatic heterocycles. The molecular formula is C22H25N3O4. The van der Waals surface area contributed by atoms with Gasteiger partial charge in [0.2, 0.25) is 0 Å². The topological polar surface area (TPSA) is 99.6 Å². The average Bonchev–Trinajstić information content (AvgIpc) is 2.66. The fourth-order valence-electron chi connectivity index (χ4n) is 3.88. The molecule has 1 fully saturated rings.